The van der Waals surface area contributed by atoms with Gasteiger partial charge in [-0.2, -0.15) is 9.50 Å². The third-order valence-corrected chi connectivity index (χ3v) is 3.16. The van der Waals surface area contributed by atoms with E-state index in [4.69, 9.17) is 0 Å². The van der Waals surface area contributed by atoms with Crippen molar-refractivity contribution in [2.24, 2.45) is 0 Å². The Hall–Kier alpha value is -2.44. The van der Waals surface area contributed by atoms with Crippen molar-refractivity contribution in [2.75, 3.05) is 19.0 Å². The van der Waals surface area contributed by atoms with E-state index >= 15 is 0 Å². The molecular formula is C12H15N5O2. The lowest BCUT2D eigenvalue weighted by molar-refractivity contribution is 0.428. The van der Waals surface area contributed by atoms with E-state index in [0.717, 1.165) is 5.82 Å². The fourth-order valence-corrected chi connectivity index (χ4v) is 2.14. The number of aromatic amines is 1. The van der Waals surface area contributed by atoms with Gasteiger partial charge in [-0.05, 0) is 6.07 Å². The molecule has 0 spiro atoms. The Morgan fingerprint density at radius 1 is 1.32 bits per heavy atom. The van der Waals surface area contributed by atoms with E-state index in [1.54, 1.807) is 11.0 Å². The van der Waals surface area contributed by atoms with E-state index in [1.807, 2.05) is 21.0 Å². The summed E-state index contributed by atoms with van der Waals surface area (Å²) in [6.07, 6.45) is 0.710. The van der Waals surface area contributed by atoms with E-state index in [2.05, 4.69) is 15.1 Å². The molecule has 2 aliphatic rings. The first-order valence-corrected chi connectivity index (χ1v) is 6.02. The molecule has 1 aromatic rings. The smallest absolute Gasteiger partial charge is 0.254 e. The van der Waals surface area contributed by atoms with Crippen LogP contribution in [0.25, 0.3) is 17.0 Å². The highest BCUT2D eigenvalue weighted by Crippen LogP contribution is 2.46. The van der Waals surface area contributed by atoms with Crippen molar-refractivity contribution in [3.8, 4) is 22.9 Å². The molecule has 0 saturated carbocycles. The molecule has 7 nitrogen and oxygen atoms in total. The molecule has 7 heteroatoms. The van der Waals surface area contributed by atoms with Crippen LogP contribution in [0.5, 0.6) is 11.6 Å². The van der Waals surface area contributed by atoms with Gasteiger partial charge < -0.3 is 15.1 Å². The third kappa shape index (κ3) is 1.51. The topological polar surface area (TPSA) is 89.7 Å². The normalized spacial score (nSPS) is 11.5. The van der Waals surface area contributed by atoms with E-state index in [9.17, 15) is 10.2 Å². The first-order valence-electron chi connectivity index (χ1n) is 6.02. The SMILES string of the molecule is CCc1nc2nc3cc(N(C)C)c(O)c-3c(O)n2[nH]1. The van der Waals surface area contributed by atoms with E-state index in [-0.39, 0.29) is 11.6 Å². The van der Waals surface area contributed by atoms with E-state index < -0.39 is 0 Å². The molecular weight excluding hydrogens is 246 g/mol. The fourth-order valence-electron chi connectivity index (χ4n) is 2.14. The second-order valence-corrected chi connectivity index (χ2v) is 4.63. The van der Waals surface area contributed by atoms with Crippen LogP contribution in [-0.4, -0.2) is 43.9 Å². The predicted molar refractivity (Wildman–Crippen MR) is 71.0 cm³/mol. The second kappa shape index (κ2) is 3.78. The summed E-state index contributed by atoms with van der Waals surface area (Å²) in [5, 5.41) is 23.4. The summed E-state index contributed by atoms with van der Waals surface area (Å²) in [7, 11) is 3.63. The monoisotopic (exact) mass is 261 g/mol. The summed E-state index contributed by atoms with van der Waals surface area (Å²) >= 11 is 0. The number of fused-ring (bicyclic) bond motifs is 2. The van der Waals surface area contributed by atoms with Gasteiger partial charge in [-0.15, -0.1) is 0 Å². The number of H-pyrrole nitrogens is 1. The first kappa shape index (κ1) is 11.6. The molecule has 19 heavy (non-hydrogen) atoms. The minimum atomic E-state index is -0.0854. The summed E-state index contributed by atoms with van der Waals surface area (Å²) in [4.78, 5) is 10.4. The molecule has 0 aromatic carbocycles. The Kier molecular flexibility index (Phi) is 2.31. The molecule has 3 N–H and O–H groups in total. The molecule has 2 heterocycles. The standard InChI is InChI=1S/C12H15N5O2/c1-4-8-14-12-13-6-5-7(16(2)3)10(18)9(6)11(19)17(12)15-8/h5,18-19H,4H2,1-3H3,(H,13,14,15). The minimum absolute atomic E-state index is 0.0204. The van der Waals surface area contributed by atoms with Crippen LogP contribution in [0.1, 0.15) is 12.7 Å². The van der Waals surface area contributed by atoms with Gasteiger partial charge in [0.2, 0.25) is 5.88 Å². The van der Waals surface area contributed by atoms with Crippen LogP contribution in [0, 0.1) is 0 Å². The molecule has 0 atom stereocenters. The van der Waals surface area contributed by atoms with Crippen LogP contribution < -0.4 is 4.90 Å². The van der Waals surface area contributed by atoms with E-state index in [0.29, 0.717) is 29.1 Å². The predicted octanol–water partition coefficient (Wildman–Crippen LogP) is 1.20. The number of aromatic hydroxyl groups is 2. The number of nitrogens with zero attached hydrogens (tertiary/aromatic N) is 4. The summed E-state index contributed by atoms with van der Waals surface area (Å²) in [6.45, 7) is 1.96. The Labute approximate surface area is 109 Å². The number of hydrogen-bond acceptors (Lipinski definition) is 5. The zero-order valence-electron chi connectivity index (χ0n) is 11.0. The Morgan fingerprint density at radius 3 is 2.68 bits per heavy atom. The van der Waals surface area contributed by atoms with Crippen LogP contribution in [0.3, 0.4) is 0 Å². The van der Waals surface area contributed by atoms with Crippen LogP contribution in [0.15, 0.2) is 6.07 Å². The number of nitrogens with one attached hydrogen (secondary N) is 1. The molecule has 1 aliphatic heterocycles. The zero-order chi connectivity index (χ0) is 13.7. The molecule has 0 unspecified atom stereocenters. The largest absolute Gasteiger partial charge is 0.505 e. The van der Waals surface area contributed by atoms with Crippen LogP contribution in [0.4, 0.5) is 5.69 Å². The zero-order valence-corrected chi connectivity index (χ0v) is 11.0. The maximum Gasteiger partial charge on any atom is 0.254 e. The summed E-state index contributed by atoms with van der Waals surface area (Å²) in [5.74, 6) is 1.05. The molecule has 3 rings (SSSR count). The Balaban J connectivity index is 2.38. The van der Waals surface area contributed by atoms with Crippen molar-refractivity contribution < 1.29 is 10.2 Å². The minimum Gasteiger partial charge on any atom is -0.505 e. The summed E-state index contributed by atoms with van der Waals surface area (Å²) in [5.41, 5.74) is 1.46. The maximum atomic E-state index is 10.3. The van der Waals surface area contributed by atoms with Crippen molar-refractivity contribution in [2.45, 2.75) is 13.3 Å². The third-order valence-electron chi connectivity index (χ3n) is 3.16. The summed E-state index contributed by atoms with van der Waals surface area (Å²) < 4.78 is 1.38. The molecule has 1 aliphatic carbocycles. The molecule has 0 saturated heterocycles. The molecule has 0 radical (unpaired) electrons. The van der Waals surface area contributed by atoms with Crippen molar-refractivity contribution >= 4 is 11.5 Å². The summed E-state index contributed by atoms with van der Waals surface area (Å²) in [6, 6.07) is 1.73. The van der Waals surface area contributed by atoms with Crippen molar-refractivity contribution in [3.05, 3.63) is 11.9 Å². The Morgan fingerprint density at radius 2 is 2.05 bits per heavy atom. The molecule has 100 valence electrons. The van der Waals surface area contributed by atoms with Crippen molar-refractivity contribution in [1.82, 2.24) is 19.6 Å². The van der Waals surface area contributed by atoms with Gasteiger partial charge in [0.05, 0.1) is 11.4 Å². The van der Waals surface area contributed by atoms with E-state index in [1.165, 1.54) is 4.52 Å². The highest BCUT2D eigenvalue weighted by molar-refractivity contribution is 5.86. The van der Waals surface area contributed by atoms with Gasteiger partial charge in [-0.3, -0.25) is 5.10 Å². The second-order valence-electron chi connectivity index (χ2n) is 4.63. The highest BCUT2D eigenvalue weighted by Gasteiger charge is 2.25. The van der Waals surface area contributed by atoms with Crippen molar-refractivity contribution in [3.63, 3.8) is 0 Å². The van der Waals surface area contributed by atoms with Gasteiger partial charge in [0.15, 0.2) is 5.75 Å². The number of anilines is 1. The average molecular weight is 261 g/mol. The van der Waals surface area contributed by atoms with Gasteiger partial charge in [-0.1, -0.05) is 6.92 Å². The highest BCUT2D eigenvalue weighted by atomic mass is 16.3. The lowest BCUT2D eigenvalue weighted by Gasteiger charge is -2.10. The molecule has 0 amide bonds. The van der Waals surface area contributed by atoms with Gasteiger partial charge in [0.25, 0.3) is 5.78 Å². The number of aryl methyl sites for hydroxylation is 1. The van der Waals surface area contributed by atoms with Crippen molar-refractivity contribution in [1.29, 1.82) is 0 Å². The lowest BCUT2D eigenvalue weighted by Crippen LogP contribution is -2.07. The first-order chi connectivity index (χ1) is 9.02. The number of hydrogen-bond donors (Lipinski definition) is 3. The van der Waals surface area contributed by atoms with Crippen LogP contribution in [0.2, 0.25) is 0 Å². The molecule has 0 bridgehead atoms. The quantitative estimate of drug-likeness (QED) is 0.645. The number of aromatic nitrogens is 4. The molecule has 0 fully saturated rings. The average Bonchev–Trinajstić information content (AvgIpc) is 2.91. The van der Waals surface area contributed by atoms with Crippen LogP contribution in [-0.2, 0) is 6.42 Å². The van der Waals surface area contributed by atoms with Crippen LogP contribution >= 0.6 is 0 Å². The Bertz CT molecular complexity index is 728. The fraction of sp³-hybridized carbons (Fsp3) is 0.333. The lowest BCUT2D eigenvalue weighted by atomic mass is 10.2. The van der Waals surface area contributed by atoms with Gasteiger partial charge in [0.1, 0.15) is 11.4 Å². The van der Waals surface area contributed by atoms with Gasteiger partial charge in [0, 0.05) is 20.5 Å². The van der Waals surface area contributed by atoms with Gasteiger partial charge in [-0.25, -0.2) is 4.98 Å². The van der Waals surface area contributed by atoms with Gasteiger partial charge >= 0.3 is 0 Å². The number of rotatable bonds is 2. The molecule has 1 aromatic heterocycles. The maximum absolute atomic E-state index is 10.3.